The van der Waals surface area contributed by atoms with E-state index in [4.69, 9.17) is 0 Å². The van der Waals surface area contributed by atoms with Crippen molar-refractivity contribution in [3.05, 3.63) is 52.2 Å². The average molecular weight is 456 g/mol. The van der Waals surface area contributed by atoms with E-state index in [1.165, 1.54) is 5.56 Å². The lowest BCUT2D eigenvalue weighted by Gasteiger charge is -2.18. The summed E-state index contributed by atoms with van der Waals surface area (Å²) in [5, 5.41) is 8.38. The van der Waals surface area contributed by atoms with Crippen LogP contribution >= 0.6 is 36.2 Å². The van der Waals surface area contributed by atoms with E-state index in [0.29, 0.717) is 0 Å². The highest BCUT2D eigenvalue weighted by molar-refractivity contribution is 7.24. The molecule has 0 atom stereocenters. The normalized spacial score (nSPS) is 10.8. The largest absolute Gasteiger partial charge is 0.384 e. The Morgan fingerprint density at radius 1 is 1.03 bits per heavy atom. The van der Waals surface area contributed by atoms with Crippen molar-refractivity contribution in [3.8, 4) is 0 Å². The van der Waals surface area contributed by atoms with Crippen LogP contribution in [0.25, 0.3) is 20.2 Å². The Morgan fingerprint density at radius 3 is 2.45 bits per heavy atom. The predicted molar refractivity (Wildman–Crippen MR) is 134 cm³/mol. The maximum Gasteiger partial charge on any atom is 0.197 e. The quantitative estimate of drug-likeness (QED) is 0.347. The summed E-state index contributed by atoms with van der Waals surface area (Å²) in [6.45, 7) is 9.25. The van der Waals surface area contributed by atoms with Crippen molar-refractivity contribution in [2.75, 3.05) is 38.5 Å². The molecule has 160 valence electrons. The molecule has 0 saturated carbocycles. The Bertz CT molecular complexity index is 973. The van der Waals surface area contributed by atoms with Gasteiger partial charge in [-0.1, -0.05) is 32.0 Å². The third-order valence-electron chi connectivity index (χ3n) is 5.04. The van der Waals surface area contributed by atoms with Gasteiger partial charge in [-0.15, -0.1) is 36.2 Å². The molecular weight excluding hydrogens is 425 g/mol. The molecule has 0 aliphatic rings. The highest BCUT2D eigenvalue weighted by Gasteiger charge is 2.13. The van der Waals surface area contributed by atoms with Crippen LogP contribution in [-0.2, 0) is 6.54 Å². The topological polar surface area (TPSA) is 44.4 Å². The third kappa shape index (κ3) is 5.83. The number of hydrogen-bond donors (Lipinski definition) is 2. The van der Waals surface area contributed by atoms with E-state index in [1.54, 1.807) is 11.3 Å². The molecule has 0 unspecified atom stereocenters. The molecule has 7 heteroatoms. The fraction of sp³-hybridized carbons (Fsp3) is 0.409. The van der Waals surface area contributed by atoms with Gasteiger partial charge < -0.3 is 15.5 Å². The lowest BCUT2D eigenvalue weighted by molar-refractivity contribution is 0.303. The van der Waals surface area contributed by atoms with Crippen molar-refractivity contribution in [1.29, 1.82) is 0 Å². The average Bonchev–Trinajstić information content (AvgIpc) is 2.70. The summed E-state index contributed by atoms with van der Waals surface area (Å²) < 4.78 is 2.13. The molecular formula is C22H31Cl2N3OS. The van der Waals surface area contributed by atoms with Gasteiger partial charge in [-0.05, 0) is 56.9 Å². The number of hydrogen-bond acceptors (Lipinski definition) is 5. The molecule has 2 aromatic carbocycles. The molecule has 0 aliphatic heterocycles. The van der Waals surface area contributed by atoms with E-state index in [0.717, 1.165) is 65.0 Å². The number of benzene rings is 2. The number of nitrogens with zero attached hydrogens (tertiary/aromatic N) is 1. The smallest absolute Gasteiger partial charge is 0.197 e. The lowest BCUT2D eigenvalue weighted by Crippen LogP contribution is -2.25. The summed E-state index contributed by atoms with van der Waals surface area (Å²) in [4.78, 5) is 15.7. The van der Waals surface area contributed by atoms with E-state index in [2.05, 4.69) is 41.5 Å². The molecule has 0 aliphatic carbocycles. The van der Waals surface area contributed by atoms with Gasteiger partial charge in [0.1, 0.15) is 0 Å². The van der Waals surface area contributed by atoms with E-state index < -0.39 is 0 Å². The zero-order valence-corrected chi connectivity index (χ0v) is 19.7. The Morgan fingerprint density at radius 2 is 1.76 bits per heavy atom. The molecule has 0 amide bonds. The maximum absolute atomic E-state index is 13.2. The van der Waals surface area contributed by atoms with Crippen molar-refractivity contribution < 1.29 is 0 Å². The molecule has 0 radical (unpaired) electrons. The van der Waals surface area contributed by atoms with E-state index >= 15 is 0 Å². The van der Waals surface area contributed by atoms with Gasteiger partial charge >= 0.3 is 0 Å². The molecule has 2 N–H and O–H groups in total. The summed E-state index contributed by atoms with van der Waals surface area (Å²) in [6, 6.07) is 12.1. The van der Waals surface area contributed by atoms with Gasteiger partial charge in [0.2, 0.25) is 0 Å². The SMILES string of the molecule is CCN(CC)CCCNc1ccc(CNC)c2sc3ccccc3c(=O)c12.Cl.Cl. The lowest BCUT2D eigenvalue weighted by atomic mass is 10.1. The van der Waals surface area contributed by atoms with Crippen LogP contribution in [-0.4, -0.2) is 38.1 Å². The summed E-state index contributed by atoms with van der Waals surface area (Å²) in [5.74, 6) is 0. The van der Waals surface area contributed by atoms with Gasteiger partial charge in [0.05, 0.1) is 5.39 Å². The summed E-state index contributed by atoms with van der Waals surface area (Å²) in [5.41, 5.74) is 2.26. The first-order chi connectivity index (χ1) is 13.2. The number of anilines is 1. The van der Waals surface area contributed by atoms with Crippen LogP contribution in [0.3, 0.4) is 0 Å². The van der Waals surface area contributed by atoms with Gasteiger partial charge in [-0.2, -0.15) is 0 Å². The first kappa shape index (κ1) is 25.7. The monoisotopic (exact) mass is 455 g/mol. The zero-order valence-electron chi connectivity index (χ0n) is 17.3. The second-order valence-corrected chi connectivity index (χ2v) is 7.79. The van der Waals surface area contributed by atoms with E-state index in [1.807, 2.05) is 31.3 Å². The summed E-state index contributed by atoms with van der Waals surface area (Å²) >= 11 is 1.71. The highest BCUT2D eigenvalue weighted by atomic mass is 35.5. The first-order valence-electron chi connectivity index (χ1n) is 9.77. The number of halogens is 2. The van der Waals surface area contributed by atoms with Gasteiger partial charge in [-0.25, -0.2) is 0 Å². The van der Waals surface area contributed by atoms with Crippen molar-refractivity contribution in [1.82, 2.24) is 10.2 Å². The molecule has 3 aromatic rings. The fourth-order valence-corrected chi connectivity index (χ4v) is 4.71. The van der Waals surface area contributed by atoms with Crippen molar-refractivity contribution in [3.63, 3.8) is 0 Å². The van der Waals surface area contributed by atoms with Gasteiger partial charge in [0.15, 0.2) is 5.43 Å². The van der Waals surface area contributed by atoms with Gasteiger partial charge in [0, 0.05) is 33.6 Å². The molecule has 1 aromatic heterocycles. The molecule has 29 heavy (non-hydrogen) atoms. The van der Waals surface area contributed by atoms with E-state index in [9.17, 15) is 4.79 Å². The van der Waals surface area contributed by atoms with Crippen LogP contribution in [0.15, 0.2) is 41.2 Å². The molecule has 0 bridgehead atoms. The van der Waals surface area contributed by atoms with Crippen LogP contribution in [0.1, 0.15) is 25.8 Å². The molecule has 0 fully saturated rings. The van der Waals surface area contributed by atoms with Crippen LogP contribution < -0.4 is 16.1 Å². The highest BCUT2D eigenvalue weighted by Crippen LogP contribution is 2.32. The number of nitrogens with one attached hydrogen (secondary N) is 2. The minimum atomic E-state index is 0. The Labute approximate surface area is 189 Å². The molecule has 0 saturated heterocycles. The second kappa shape index (κ2) is 12.4. The molecule has 3 rings (SSSR count). The molecule has 4 nitrogen and oxygen atoms in total. The zero-order chi connectivity index (χ0) is 19.2. The van der Waals surface area contributed by atoms with Gasteiger partial charge in [0.25, 0.3) is 0 Å². The Balaban J connectivity index is 0.00000210. The van der Waals surface area contributed by atoms with Crippen LogP contribution in [0.4, 0.5) is 5.69 Å². The van der Waals surface area contributed by atoms with E-state index in [-0.39, 0.29) is 30.2 Å². The molecule has 0 spiro atoms. The van der Waals surface area contributed by atoms with Crippen molar-refractivity contribution in [2.24, 2.45) is 0 Å². The standard InChI is InChI=1S/C22H29N3OS.2ClH/c1-4-25(5-2)14-8-13-24-18-12-11-16(15-23-3)22-20(18)21(26)17-9-6-7-10-19(17)27-22;;/h6-7,9-12,23-24H,4-5,8,13-15H2,1-3H3;2*1H. The number of fused-ring (bicyclic) bond motifs is 2. The minimum Gasteiger partial charge on any atom is -0.384 e. The van der Waals surface area contributed by atoms with Gasteiger partial charge in [-0.3, -0.25) is 4.79 Å². The predicted octanol–water partition coefficient (Wildman–Crippen LogP) is 5.12. The van der Waals surface area contributed by atoms with Crippen LogP contribution in [0, 0.1) is 0 Å². The Hall–Kier alpha value is -1.37. The van der Waals surface area contributed by atoms with Crippen LogP contribution in [0.2, 0.25) is 0 Å². The Kier molecular flexibility index (Phi) is 10.9. The van der Waals surface area contributed by atoms with Crippen molar-refractivity contribution >= 4 is 62.0 Å². The molecule has 1 heterocycles. The number of rotatable bonds is 9. The summed E-state index contributed by atoms with van der Waals surface area (Å²) in [7, 11) is 1.94. The summed E-state index contributed by atoms with van der Waals surface area (Å²) in [6.07, 6.45) is 1.06. The minimum absolute atomic E-state index is 0. The third-order valence-corrected chi connectivity index (χ3v) is 6.28. The second-order valence-electron chi connectivity index (χ2n) is 6.74. The first-order valence-corrected chi connectivity index (χ1v) is 10.6. The van der Waals surface area contributed by atoms with Crippen molar-refractivity contribution in [2.45, 2.75) is 26.8 Å². The fourth-order valence-electron chi connectivity index (χ4n) is 3.50. The van der Waals surface area contributed by atoms with Crippen LogP contribution in [0.5, 0.6) is 0 Å². The maximum atomic E-state index is 13.2.